The molecule has 3 rings (SSSR count). The molecule has 1 nitrogen and oxygen atoms in total. The Kier molecular flexibility index (Phi) is 3.85. The maximum absolute atomic E-state index is 13.7. The van der Waals surface area contributed by atoms with Gasteiger partial charge in [-0.3, -0.25) is 0 Å². The van der Waals surface area contributed by atoms with Gasteiger partial charge < -0.3 is 5.32 Å². The van der Waals surface area contributed by atoms with Gasteiger partial charge in [-0.15, -0.1) is 22.7 Å². The van der Waals surface area contributed by atoms with Crippen LogP contribution in [0.2, 0.25) is 0 Å². The van der Waals surface area contributed by atoms with Crippen LogP contribution in [0.1, 0.15) is 21.4 Å². The molecular weight excluding hydrogens is 289 g/mol. The van der Waals surface area contributed by atoms with Crippen LogP contribution in [0.5, 0.6) is 0 Å². The molecule has 0 bridgehead atoms. The molecule has 20 heavy (non-hydrogen) atoms. The van der Waals surface area contributed by atoms with Gasteiger partial charge >= 0.3 is 0 Å². The summed E-state index contributed by atoms with van der Waals surface area (Å²) in [6.45, 7) is 1.77. The van der Waals surface area contributed by atoms with E-state index >= 15 is 0 Å². The van der Waals surface area contributed by atoms with Crippen LogP contribution >= 0.6 is 22.7 Å². The highest BCUT2D eigenvalue weighted by Crippen LogP contribution is 2.32. The first kappa shape index (κ1) is 13.3. The lowest BCUT2D eigenvalue weighted by atomic mass is 10.1. The first-order chi connectivity index (χ1) is 9.74. The third-order valence-electron chi connectivity index (χ3n) is 3.14. The van der Waals surface area contributed by atoms with Crippen LogP contribution in [0, 0.1) is 12.7 Å². The highest BCUT2D eigenvalue weighted by molar-refractivity contribution is 7.11. The fourth-order valence-corrected chi connectivity index (χ4v) is 3.70. The van der Waals surface area contributed by atoms with E-state index in [-0.39, 0.29) is 11.9 Å². The lowest BCUT2D eigenvalue weighted by molar-refractivity contribution is 0.619. The summed E-state index contributed by atoms with van der Waals surface area (Å²) in [7, 11) is 0. The predicted molar refractivity (Wildman–Crippen MR) is 85.2 cm³/mol. The number of thiophene rings is 2. The predicted octanol–water partition coefficient (Wildman–Crippen LogP) is 5.46. The van der Waals surface area contributed by atoms with Crippen LogP contribution in [-0.4, -0.2) is 0 Å². The molecule has 0 atom stereocenters. The molecule has 0 saturated carbocycles. The van der Waals surface area contributed by atoms with Crippen molar-refractivity contribution in [3.63, 3.8) is 0 Å². The zero-order valence-electron chi connectivity index (χ0n) is 11.0. The average molecular weight is 303 g/mol. The topological polar surface area (TPSA) is 12.0 Å². The molecule has 102 valence electrons. The van der Waals surface area contributed by atoms with Gasteiger partial charge in [-0.25, -0.2) is 4.39 Å². The van der Waals surface area contributed by atoms with Gasteiger partial charge in [0.1, 0.15) is 5.82 Å². The molecule has 4 heteroatoms. The Morgan fingerprint density at radius 2 is 1.65 bits per heavy atom. The zero-order valence-corrected chi connectivity index (χ0v) is 12.6. The van der Waals surface area contributed by atoms with Gasteiger partial charge in [-0.1, -0.05) is 18.2 Å². The highest BCUT2D eigenvalue weighted by atomic mass is 32.1. The van der Waals surface area contributed by atoms with Gasteiger partial charge in [0, 0.05) is 15.4 Å². The fourth-order valence-electron chi connectivity index (χ4n) is 2.04. The molecule has 0 aliphatic rings. The molecule has 3 aromatic rings. The van der Waals surface area contributed by atoms with Crippen molar-refractivity contribution in [1.82, 2.24) is 0 Å². The minimum Gasteiger partial charge on any atom is -0.373 e. The summed E-state index contributed by atoms with van der Waals surface area (Å²) in [4.78, 5) is 2.46. The average Bonchev–Trinajstić information content (AvgIpc) is 3.12. The van der Waals surface area contributed by atoms with Crippen molar-refractivity contribution in [2.45, 2.75) is 13.0 Å². The first-order valence-corrected chi connectivity index (χ1v) is 8.09. The largest absolute Gasteiger partial charge is 0.373 e. The van der Waals surface area contributed by atoms with Crippen LogP contribution in [0.25, 0.3) is 0 Å². The van der Waals surface area contributed by atoms with E-state index in [1.807, 2.05) is 18.2 Å². The second-order valence-electron chi connectivity index (χ2n) is 4.57. The lowest BCUT2D eigenvalue weighted by Gasteiger charge is -2.18. The quantitative estimate of drug-likeness (QED) is 0.675. The summed E-state index contributed by atoms with van der Waals surface area (Å²) >= 11 is 3.41. The van der Waals surface area contributed by atoms with E-state index in [2.05, 4.69) is 28.2 Å². The molecule has 2 heterocycles. The number of rotatable bonds is 4. The number of benzene rings is 1. The SMILES string of the molecule is Cc1ccc(NC(c2cccs2)c2cccs2)cc1F. The zero-order chi connectivity index (χ0) is 13.9. The summed E-state index contributed by atoms with van der Waals surface area (Å²) < 4.78 is 13.7. The van der Waals surface area contributed by atoms with E-state index in [9.17, 15) is 4.39 Å². The molecule has 0 spiro atoms. The second kappa shape index (κ2) is 5.77. The van der Waals surface area contributed by atoms with Crippen LogP contribution in [-0.2, 0) is 0 Å². The Balaban J connectivity index is 1.92. The van der Waals surface area contributed by atoms with Crippen LogP contribution in [0.3, 0.4) is 0 Å². The minimum absolute atomic E-state index is 0.0807. The smallest absolute Gasteiger partial charge is 0.128 e. The first-order valence-electron chi connectivity index (χ1n) is 6.33. The highest BCUT2D eigenvalue weighted by Gasteiger charge is 2.16. The summed E-state index contributed by atoms with van der Waals surface area (Å²) in [6, 6.07) is 13.7. The normalized spacial score (nSPS) is 10.9. The van der Waals surface area contributed by atoms with E-state index < -0.39 is 0 Å². The van der Waals surface area contributed by atoms with Crippen molar-refractivity contribution in [2.75, 3.05) is 5.32 Å². The number of anilines is 1. The molecule has 1 N–H and O–H groups in total. The Bertz CT molecular complexity index is 640. The Labute approximate surface area is 125 Å². The number of nitrogens with one attached hydrogen (secondary N) is 1. The van der Waals surface area contributed by atoms with E-state index in [0.717, 1.165) is 5.69 Å². The molecular formula is C16H14FNS2. The Morgan fingerprint density at radius 3 is 2.15 bits per heavy atom. The summed E-state index contributed by atoms with van der Waals surface area (Å²) in [5, 5.41) is 7.56. The molecule has 0 aliphatic carbocycles. The summed E-state index contributed by atoms with van der Waals surface area (Å²) in [6.07, 6.45) is 0. The second-order valence-corrected chi connectivity index (χ2v) is 6.53. The third kappa shape index (κ3) is 2.76. The van der Waals surface area contributed by atoms with Crippen molar-refractivity contribution >= 4 is 28.4 Å². The fraction of sp³-hybridized carbons (Fsp3) is 0.125. The molecule has 0 unspecified atom stereocenters. The standard InChI is InChI=1S/C16H14FNS2/c1-11-6-7-12(10-13(11)17)18-16(14-4-2-8-19-14)15-5-3-9-20-15/h2-10,16,18H,1H3. The van der Waals surface area contributed by atoms with E-state index in [1.165, 1.54) is 9.75 Å². The molecule has 0 amide bonds. The van der Waals surface area contributed by atoms with Crippen molar-refractivity contribution in [2.24, 2.45) is 0 Å². The van der Waals surface area contributed by atoms with Gasteiger partial charge in [0.15, 0.2) is 0 Å². The molecule has 0 aliphatic heterocycles. The van der Waals surface area contributed by atoms with Gasteiger partial charge in [0.2, 0.25) is 0 Å². The molecule has 1 aromatic carbocycles. The van der Waals surface area contributed by atoms with Crippen LogP contribution < -0.4 is 5.32 Å². The van der Waals surface area contributed by atoms with E-state index in [1.54, 1.807) is 41.7 Å². The monoisotopic (exact) mass is 303 g/mol. The van der Waals surface area contributed by atoms with Crippen molar-refractivity contribution in [3.05, 3.63) is 74.4 Å². The number of hydrogen-bond acceptors (Lipinski definition) is 3. The number of hydrogen-bond donors (Lipinski definition) is 1. The molecule has 0 radical (unpaired) electrons. The van der Waals surface area contributed by atoms with Crippen molar-refractivity contribution < 1.29 is 4.39 Å². The van der Waals surface area contributed by atoms with Crippen LogP contribution in [0.4, 0.5) is 10.1 Å². The van der Waals surface area contributed by atoms with Crippen molar-refractivity contribution in [3.8, 4) is 0 Å². The Hall–Kier alpha value is -1.65. The summed E-state index contributed by atoms with van der Waals surface area (Å²) in [5.41, 5.74) is 1.47. The number of halogens is 1. The van der Waals surface area contributed by atoms with Gasteiger partial charge in [-0.05, 0) is 47.5 Å². The van der Waals surface area contributed by atoms with Gasteiger partial charge in [-0.2, -0.15) is 0 Å². The minimum atomic E-state index is -0.175. The molecule has 0 fully saturated rings. The number of aryl methyl sites for hydroxylation is 1. The Morgan fingerprint density at radius 1 is 1.00 bits per heavy atom. The van der Waals surface area contributed by atoms with Gasteiger partial charge in [0.25, 0.3) is 0 Å². The van der Waals surface area contributed by atoms with E-state index in [4.69, 9.17) is 0 Å². The molecule has 0 saturated heterocycles. The maximum Gasteiger partial charge on any atom is 0.128 e. The van der Waals surface area contributed by atoms with Crippen LogP contribution in [0.15, 0.2) is 53.2 Å². The lowest BCUT2D eigenvalue weighted by Crippen LogP contribution is -2.09. The molecule has 2 aromatic heterocycles. The van der Waals surface area contributed by atoms with Gasteiger partial charge in [0.05, 0.1) is 6.04 Å². The summed E-state index contributed by atoms with van der Waals surface area (Å²) in [5.74, 6) is -0.175. The van der Waals surface area contributed by atoms with E-state index in [0.29, 0.717) is 5.56 Å². The maximum atomic E-state index is 13.7. The van der Waals surface area contributed by atoms with Crippen molar-refractivity contribution in [1.29, 1.82) is 0 Å². The third-order valence-corrected chi connectivity index (χ3v) is 5.01.